The molecular formula is C21H28N2O3S. The van der Waals surface area contributed by atoms with E-state index in [1.54, 1.807) is 24.3 Å². The van der Waals surface area contributed by atoms with Gasteiger partial charge < -0.3 is 4.74 Å². The van der Waals surface area contributed by atoms with Crippen LogP contribution in [0, 0.1) is 6.92 Å². The van der Waals surface area contributed by atoms with Crippen LogP contribution in [0.5, 0.6) is 5.75 Å². The summed E-state index contributed by atoms with van der Waals surface area (Å²) in [6, 6.07) is 16.0. The van der Waals surface area contributed by atoms with Gasteiger partial charge in [0.2, 0.25) is 10.0 Å². The molecule has 0 N–H and O–H groups in total. The summed E-state index contributed by atoms with van der Waals surface area (Å²) in [6.07, 6.45) is 2.51. The molecule has 0 unspecified atom stereocenters. The van der Waals surface area contributed by atoms with Crippen molar-refractivity contribution in [2.75, 3.05) is 27.2 Å². The summed E-state index contributed by atoms with van der Waals surface area (Å²) in [5, 5.41) is 0. The van der Waals surface area contributed by atoms with Crippen molar-refractivity contribution < 1.29 is 13.2 Å². The van der Waals surface area contributed by atoms with E-state index in [-0.39, 0.29) is 4.90 Å². The second kappa shape index (κ2) is 8.42. The molecule has 1 fully saturated rings. The summed E-state index contributed by atoms with van der Waals surface area (Å²) in [4.78, 5) is 2.74. The van der Waals surface area contributed by atoms with Crippen molar-refractivity contribution in [1.82, 2.24) is 9.21 Å². The van der Waals surface area contributed by atoms with Gasteiger partial charge in [0.15, 0.2) is 0 Å². The zero-order valence-electron chi connectivity index (χ0n) is 16.3. The number of aryl methyl sites for hydroxylation is 1. The smallest absolute Gasteiger partial charge is 0.242 e. The summed E-state index contributed by atoms with van der Waals surface area (Å²) >= 11 is 0. The Morgan fingerprint density at radius 2 is 1.63 bits per heavy atom. The zero-order chi connectivity index (χ0) is 19.4. The molecule has 0 heterocycles. The van der Waals surface area contributed by atoms with Gasteiger partial charge >= 0.3 is 0 Å². The Balaban J connectivity index is 1.54. The van der Waals surface area contributed by atoms with Gasteiger partial charge in [-0.2, -0.15) is 0 Å². The second-order valence-corrected chi connectivity index (χ2v) is 9.45. The molecule has 1 aliphatic rings. The van der Waals surface area contributed by atoms with Gasteiger partial charge in [0, 0.05) is 33.2 Å². The lowest BCUT2D eigenvalue weighted by atomic mass is 10.1. The third kappa shape index (κ3) is 5.31. The highest BCUT2D eigenvalue weighted by atomic mass is 32.2. The van der Waals surface area contributed by atoms with Gasteiger partial charge in [-0.1, -0.05) is 29.8 Å². The predicted molar refractivity (Wildman–Crippen MR) is 107 cm³/mol. The summed E-state index contributed by atoms with van der Waals surface area (Å²) in [7, 11) is -0.343. The second-order valence-electron chi connectivity index (χ2n) is 7.29. The minimum absolute atomic E-state index is 0.277. The van der Waals surface area contributed by atoms with Crippen molar-refractivity contribution in [3.05, 3.63) is 59.7 Å². The van der Waals surface area contributed by atoms with Crippen LogP contribution in [-0.4, -0.2) is 50.9 Å². The molecule has 5 nitrogen and oxygen atoms in total. The van der Waals surface area contributed by atoms with Crippen molar-refractivity contribution in [2.24, 2.45) is 0 Å². The van der Waals surface area contributed by atoms with Crippen LogP contribution in [0.4, 0.5) is 0 Å². The Hall–Kier alpha value is -1.89. The topological polar surface area (TPSA) is 49.9 Å². The molecule has 2 aromatic rings. The number of hydrogen-bond acceptors (Lipinski definition) is 4. The highest BCUT2D eigenvalue weighted by Crippen LogP contribution is 2.28. The Labute approximate surface area is 162 Å². The average molecular weight is 389 g/mol. The first-order valence-electron chi connectivity index (χ1n) is 9.31. The van der Waals surface area contributed by atoms with Crippen LogP contribution in [-0.2, 0) is 16.6 Å². The highest BCUT2D eigenvalue weighted by Gasteiger charge is 2.28. The van der Waals surface area contributed by atoms with Gasteiger partial charge in [0.1, 0.15) is 12.4 Å². The lowest BCUT2D eigenvalue weighted by Crippen LogP contribution is -2.30. The standard InChI is InChI=1S/C21H28N2O3S/c1-17-4-6-18(7-5-17)16-23(19-8-9-19)14-15-26-20-10-12-21(13-11-20)27(24,25)22(2)3/h4-7,10-13,19H,8-9,14-16H2,1-3H3. The third-order valence-electron chi connectivity index (χ3n) is 4.82. The number of ether oxygens (including phenoxy) is 1. The van der Waals surface area contributed by atoms with Crippen LogP contribution in [0.25, 0.3) is 0 Å². The fraction of sp³-hybridized carbons (Fsp3) is 0.429. The van der Waals surface area contributed by atoms with E-state index in [4.69, 9.17) is 4.74 Å². The van der Waals surface area contributed by atoms with E-state index < -0.39 is 10.0 Å². The van der Waals surface area contributed by atoms with Crippen LogP contribution in [0.2, 0.25) is 0 Å². The van der Waals surface area contributed by atoms with Crippen LogP contribution in [0.3, 0.4) is 0 Å². The lowest BCUT2D eigenvalue weighted by molar-refractivity contribution is 0.195. The quantitative estimate of drug-likeness (QED) is 0.661. The van der Waals surface area contributed by atoms with Crippen molar-refractivity contribution in [3.63, 3.8) is 0 Å². The fourth-order valence-corrected chi connectivity index (χ4v) is 3.86. The summed E-state index contributed by atoms with van der Waals surface area (Å²) in [6.45, 7) is 4.48. The third-order valence-corrected chi connectivity index (χ3v) is 6.65. The maximum absolute atomic E-state index is 12.1. The van der Waals surface area contributed by atoms with Gasteiger partial charge in [0.05, 0.1) is 4.90 Å². The Kier molecular flexibility index (Phi) is 6.19. The van der Waals surface area contributed by atoms with Crippen LogP contribution < -0.4 is 4.74 Å². The summed E-state index contributed by atoms with van der Waals surface area (Å²) in [5.41, 5.74) is 2.60. The maximum Gasteiger partial charge on any atom is 0.242 e. The van der Waals surface area contributed by atoms with E-state index in [9.17, 15) is 8.42 Å². The van der Waals surface area contributed by atoms with Crippen LogP contribution in [0.15, 0.2) is 53.4 Å². The van der Waals surface area contributed by atoms with Gasteiger partial charge in [-0.25, -0.2) is 12.7 Å². The van der Waals surface area contributed by atoms with Crippen molar-refractivity contribution >= 4 is 10.0 Å². The van der Waals surface area contributed by atoms with E-state index in [1.165, 1.54) is 42.4 Å². The van der Waals surface area contributed by atoms with Gasteiger partial charge in [-0.15, -0.1) is 0 Å². The molecule has 3 rings (SSSR count). The molecule has 0 bridgehead atoms. The van der Waals surface area contributed by atoms with Crippen LogP contribution >= 0.6 is 0 Å². The minimum Gasteiger partial charge on any atom is -0.492 e. The molecule has 0 spiro atoms. The molecule has 0 aliphatic heterocycles. The maximum atomic E-state index is 12.1. The van der Waals surface area contributed by atoms with Crippen molar-refractivity contribution in [1.29, 1.82) is 0 Å². The fourth-order valence-electron chi connectivity index (χ4n) is 2.96. The number of nitrogens with zero attached hydrogens (tertiary/aromatic N) is 2. The Morgan fingerprint density at radius 3 is 2.19 bits per heavy atom. The largest absolute Gasteiger partial charge is 0.492 e. The van der Waals surface area contributed by atoms with Crippen molar-refractivity contribution in [3.8, 4) is 5.75 Å². The zero-order valence-corrected chi connectivity index (χ0v) is 17.1. The molecule has 1 saturated carbocycles. The molecule has 0 radical (unpaired) electrons. The first-order valence-corrected chi connectivity index (χ1v) is 10.8. The number of benzene rings is 2. The SMILES string of the molecule is Cc1ccc(CN(CCOc2ccc(S(=O)(=O)N(C)C)cc2)C2CC2)cc1. The van der Waals surface area contributed by atoms with E-state index in [1.807, 2.05) is 0 Å². The van der Waals surface area contributed by atoms with E-state index in [0.29, 0.717) is 18.4 Å². The Bertz CT molecular complexity index is 842. The van der Waals surface area contributed by atoms with E-state index in [0.717, 1.165) is 13.1 Å². The normalized spacial score (nSPS) is 14.7. The first-order chi connectivity index (χ1) is 12.9. The molecule has 0 aromatic heterocycles. The first kappa shape index (κ1) is 19.9. The van der Waals surface area contributed by atoms with Crippen LogP contribution in [0.1, 0.15) is 24.0 Å². The number of sulfonamides is 1. The molecule has 6 heteroatoms. The minimum atomic E-state index is -3.40. The summed E-state index contributed by atoms with van der Waals surface area (Å²) < 4.78 is 31.3. The van der Waals surface area contributed by atoms with Gasteiger partial charge in [-0.05, 0) is 49.6 Å². The molecule has 0 amide bonds. The molecule has 2 aromatic carbocycles. The molecular weight excluding hydrogens is 360 g/mol. The van der Waals surface area contributed by atoms with Crippen molar-refractivity contribution in [2.45, 2.75) is 37.2 Å². The average Bonchev–Trinajstić information content (AvgIpc) is 3.48. The molecule has 0 saturated heterocycles. The Morgan fingerprint density at radius 1 is 1.00 bits per heavy atom. The predicted octanol–water partition coefficient (Wildman–Crippen LogP) is 3.29. The number of hydrogen-bond donors (Lipinski definition) is 0. The molecule has 1 aliphatic carbocycles. The van der Waals surface area contributed by atoms with E-state index in [2.05, 4.69) is 36.1 Å². The number of rotatable bonds is 9. The molecule has 0 atom stereocenters. The van der Waals surface area contributed by atoms with E-state index >= 15 is 0 Å². The van der Waals surface area contributed by atoms with Gasteiger partial charge in [-0.3, -0.25) is 4.90 Å². The lowest BCUT2D eigenvalue weighted by Gasteiger charge is -2.22. The highest BCUT2D eigenvalue weighted by molar-refractivity contribution is 7.89. The molecule has 146 valence electrons. The summed E-state index contributed by atoms with van der Waals surface area (Å²) in [5.74, 6) is 0.693. The van der Waals surface area contributed by atoms with Gasteiger partial charge in [0.25, 0.3) is 0 Å². The molecule has 27 heavy (non-hydrogen) atoms. The monoisotopic (exact) mass is 388 g/mol.